The molecule has 0 aromatic carbocycles. The Kier molecular flexibility index (Phi) is 2.33. The predicted molar refractivity (Wildman–Crippen MR) is 58.3 cm³/mol. The van der Waals surface area contributed by atoms with E-state index in [1.54, 1.807) is 13.3 Å². The molecule has 0 bridgehead atoms. The monoisotopic (exact) mass is 309 g/mol. The third kappa shape index (κ3) is 1.48. The zero-order valence-corrected chi connectivity index (χ0v) is 9.59. The number of fused-ring (bicyclic) bond motifs is 1. The van der Waals surface area contributed by atoms with Crippen LogP contribution in [-0.2, 0) is 0 Å². The lowest BCUT2D eigenvalue weighted by Gasteiger charge is -2.00. The van der Waals surface area contributed by atoms with Gasteiger partial charge in [0.2, 0.25) is 0 Å². The molecule has 5 heteroatoms. The van der Waals surface area contributed by atoms with E-state index < -0.39 is 0 Å². The Balaban J connectivity index is 2.78. The molecule has 2 rings (SSSR count). The molecule has 3 nitrogen and oxygen atoms in total. The molecule has 0 N–H and O–H groups in total. The SMILES string of the molecule is COc1cnc2cc(I)oc2c1Cl. The van der Waals surface area contributed by atoms with Gasteiger partial charge in [-0.1, -0.05) is 11.6 Å². The highest BCUT2D eigenvalue weighted by Crippen LogP contribution is 2.32. The third-order valence-corrected chi connectivity index (χ3v) is 2.53. The first-order valence-electron chi connectivity index (χ1n) is 3.50. The van der Waals surface area contributed by atoms with Gasteiger partial charge in [0.1, 0.15) is 10.5 Å². The van der Waals surface area contributed by atoms with Gasteiger partial charge in [0.15, 0.2) is 15.1 Å². The Bertz CT molecular complexity index is 455. The fourth-order valence-corrected chi connectivity index (χ4v) is 1.82. The summed E-state index contributed by atoms with van der Waals surface area (Å²) in [5.41, 5.74) is 1.32. The van der Waals surface area contributed by atoms with Crippen LogP contribution in [0.3, 0.4) is 0 Å². The van der Waals surface area contributed by atoms with Crippen molar-refractivity contribution >= 4 is 45.3 Å². The van der Waals surface area contributed by atoms with E-state index in [2.05, 4.69) is 27.6 Å². The summed E-state index contributed by atoms with van der Waals surface area (Å²) in [5, 5.41) is 0.468. The zero-order valence-electron chi connectivity index (χ0n) is 6.67. The second-order valence-corrected chi connectivity index (χ2v) is 3.85. The van der Waals surface area contributed by atoms with Crippen LogP contribution < -0.4 is 4.74 Å². The topological polar surface area (TPSA) is 35.3 Å². The first kappa shape index (κ1) is 9.08. The molecular weight excluding hydrogens is 304 g/mol. The summed E-state index contributed by atoms with van der Waals surface area (Å²) >= 11 is 8.06. The molecule has 2 heterocycles. The lowest BCUT2D eigenvalue weighted by Crippen LogP contribution is -1.85. The molecule has 0 saturated carbocycles. The Morgan fingerprint density at radius 1 is 1.62 bits per heavy atom. The highest BCUT2D eigenvalue weighted by molar-refractivity contribution is 14.1. The number of rotatable bonds is 1. The Hall–Kier alpha value is -0.490. The second-order valence-electron chi connectivity index (χ2n) is 2.41. The fourth-order valence-electron chi connectivity index (χ4n) is 1.04. The van der Waals surface area contributed by atoms with Gasteiger partial charge in [-0.05, 0) is 22.6 Å². The van der Waals surface area contributed by atoms with E-state index in [0.29, 0.717) is 16.4 Å². The molecule has 0 amide bonds. The van der Waals surface area contributed by atoms with Crippen molar-refractivity contribution in [2.75, 3.05) is 7.11 Å². The van der Waals surface area contributed by atoms with Gasteiger partial charge in [-0.3, -0.25) is 0 Å². The average molecular weight is 309 g/mol. The van der Waals surface area contributed by atoms with Crippen LogP contribution in [0.4, 0.5) is 0 Å². The molecule has 0 spiro atoms. The number of hydrogen-bond acceptors (Lipinski definition) is 3. The number of ether oxygens (including phenoxy) is 1. The molecule has 0 radical (unpaired) electrons. The van der Waals surface area contributed by atoms with Crippen molar-refractivity contribution in [3.63, 3.8) is 0 Å². The molecule has 0 aliphatic heterocycles. The van der Waals surface area contributed by atoms with Crippen LogP contribution in [0.25, 0.3) is 11.1 Å². The number of aromatic nitrogens is 1. The van der Waals surface area contributed by atoms with Crippen LogP contribution in [0, 0.1) is 3.77 Å². The smallest absolute Gasteiger partial charge is 0.176 e. The van der Waals surface area contributed by atoms with E-state index in [0.717, 1.165) is 9.28 Å². The number of hydrogen-bond donors (Lipinski definition) is 0. The van der Waals surface area contributed by atoms with E-state index >= 15 is 0 Å². The Labute approximate surface area is 93.2 Å². The van der Waals surface area contributed by atoms with Crippen molar-refractivity contribution < 1.29 is 9.15 Å². The molecule has 2 aromatic heterocycles. The zero-order chi connectivity index (χ0) is 9.42. The molecule has 0 unspecified atom stereocenters. The summed E-state index contributed by atoms with van der Waals surface area (Å²) in [4.78, 5) is 4.13. The average Bonchev–Trinajstić information content (AvgIpc) is 2.47. The maximum absolute atomic E-state index is 5.99. The Morgan fingerprint density at radius 3 is 3.08 bits per heavy atom. The molecular formula is C8H5ClINO2. The number of methoxy groups -OCH3 is 1. The third-order valence-electron chi connectivity index (χ3n) is 1.64. The van der Waals surface area contributed by atoms with Crippen molar-refractivity contribution in [3.8, 4) is 5.75 Å². The van der Waals surface area contributed by atoms with Crippen LogP contribution in [-0.4, -0.2) is 12.1 Å². The number of furan rings is 1. The van der Waals surface area contributed by atoms with Gasteiger partial charge >= 0.3 is 0 Å². The van der Waals surface area contributed by atoms with E-state index in [1.807, 2.05) is 6.07 Å². The highest BCUT2D eigenvalue weighted by Gasteiger charge is 2.11. The van der Waals surface area contributed by atoms with Crippen LogP contribution in [0.1, 0.15) is 0 Å². The van der Waals surface area contributed by atoms with Gasteiger partial charge in [0.05, 0.1) is 13.3 Å². The van der Waals surface area contributed by atoms with Gasteiger partial charge in [-0.25, -0.2) is 4.98 Å². The number of pyridine rings is 1. The molecule has 13 heavy (non-hydrogen) atoms. The van der Waals surface area contributed by atoms with Crippen LogP contribution >= 0.6 is 34.2 Å². The van der Waals surface area contributed by atoms with Gasteiger partial charge in [-0.2, -0.15) is 0 Å². The van der Waals surface area contributed by atoms with Crippen LogP contribution in [0.5, 0.6) is 5.75 Å². The van der Waals surface area contributed by atoms with Crippen LogP contribution in [0.2, 0.25) is 5.02 Å². The normalized spacial score (nSPS) is 10.7. The molecule has 68 valence electrons. The number of nitrogens with zero attached hydrogens (tertiary/aromatic N) is 1. The van der Waals surface area contributed by atoms with E-state index in [9.17, 15) is 0 Å². The maximum Gasteiger partial charge on any atom is 0.176 e. The molecule has 0 saturated heterocycles. The van der Waals surface area contributed by atoms with Gasteiger partial charge in [-0.15, -0.1) is 0 Å². The molecule has 0 aliphatic rings. The quantitative estimate of drug-likeness (QED) is 0.759. The summed E-state index contributed by atoms with van der Waals surface area (Å²) in [5.74, 6) is 0.528. The van der Waals surface area contributed by atoms with Crippen molar-refractivity contribution in [2.24, 2.45) is 0 Å². The molecule has 0 fully saturated rings. The van der Waals surface area contributed by atoms with Crippen molar-refractivity contribution in [1.82, 2.24) is 4.98 Å². The first-order valence-corrected chi connectivity index (χ1v) is 4.95. The predicted octanol–water partition coefficient (Wildman–Crippen LogP) is 3.09. The van der Waals surface area contributed by atoms with E-state index in [-0.39, 0.29) is 0 Å². The van der Waals surface area contributed by atoms with Crippen molar-refractivity contribution in [2.45, 2.75) is 0 Å². The van der Waals surface area contributed by atoms with Gasteiger partial charge < -0.3 is 9.15 Å². The summed E-state index contributed by atoms with van der Waals surface area (Å²) < 4.78 is 11.1. The largest absolute Gasteiger partial charge is 0.493 e. The lowest BCUT2D eigenvalue weighted by molar-refractivity contribution is 0.413. The molecule has 2 aromatic rings. The number of halogens is 2. The molecule has 0 atom stereocenters. The highest BCUT2D eigenvalue weighted by atomic mass is 127. The van der Waals surface area contributed by atoms with Gasteiger partial charge in [0.25, 0.3) is 0 Å². The molecule has 0 aliphatic carbocycles. The fraction of sp³-hybridized carbons (Fsp3) is 0.125. The minimum atomic E-state index is 0.468. The summed E-state index contributed by atoms with van der Waals surface area (Å²) in [6.45, 7) is 0. The van der Waals surface area contributed by atoms with Crippen molar-refractivity contribution in [1.29, 1.82) is 0 Å². The second kappa shape index (κ2) is 3.34. The Morgan fingerprint density at radius 2 is 2.38 bits per heavy atom. The summed E-state index contributed by atoms with van der Waals surface area (Å²) in [7, 11) is 1.54. The van der Waals surface area contributed by atoms with Gasteiger partial charge in [0, 0.05) is 6.07 Å². The maximum atomic E-state index is 5.99. The minimum absolute atomic E-state index is 0.468. The lowest BCUT2D eigenvalue weighted by atomic mass is 10.4. The minimum Gasteiger partial charge on any atom is -0.493 e. The van der Waals surface area contributed by atoms with E-state index in [1.165, 1.54) is 0 Å². The van der Waals surface area contributed by atoms with Crippen LogP contribution in [0.15, 0.2) is 16.7 Å². The first-order chi connectivity index (χ1) is 6.22. The summed E-state index contributed by atoms with van der Waals surface area (Å²) in [6, 6.07) is 1.82. The standard InChI is InChI=1S/C8H5ClINO2/c1-12-5-3-11-4-2-6(10)13-8(4)7(5)9/h2-3H,1H3. The summed E-state index contributed by atoms with van der Waals surface area (Å²) in [6.07, 6.45) is 1.58. The van der Waals surface area contributed by atoms with Crippen molar-refractivity contribution in [3.05, 3.63) is 21.1 Å². The van der Waals surface area contributed by atoms with E-state index in [4.69, 9.17) is 20.8 Å².